The average Bonchev–Trinajstić information content (AvgIpc) is 3.24. The van der Waals surface area contributed by atoms with E-state index in [1.165, 1.54) is 19.5 Å². The van der Waals surface area contributed by atoms with Crippen LogP contribution in [0.25, 0.3) is 0 Å². The van der Waals surface area contributed by atoms with Crippen molar-refractivity contribution in [2.24, 2.45) is 16.6 Å². The van der Waals surface area contributed by atoms with Gasteiger partial charge >= 0.3 is 0 Å². The zero-order valence-electron chi connectivity index (χ0n) is 13.7. The predicted octanol–water partition coefficient (Wildman–Crippen LogP) is 1.54. The van der Waals surface area contributed by atoms with Gasteiger partial charge in [-0.25, -0.2) is 4.98 Å². The first-order chi connectivity index (χ1) is 10.8. The summed E-state index contributed by atoms with van der Waals surface area (Å²) in [7, 11) is 0. The molecule has 8 heteroatoms. The zero-order chi connectivity index (χ0) is 15.4. The number of likely N-dealkylation sites (tertiary alicyclic amines) is 1. The first-order valence-corrected chi connectivity index (χ1v) is 9.06. The molecule has 0 spiro atoms. The number of halogens is 1. The average molecular weight is 450 g/mol. The molecule has 2 aliphatic heterocycles. The van der Waals surface area contributed by atoms with Crippen LogP contribution in [0.15, 0.2) is 16.6 Å². The molecule has 0 bridgehead atoms. The first kappa shape index (κ1) is 18.7. The van der Waals surface area contributed by atoms with Gasteiger partial charge < -0.3 is 20.4 Å². The van der Waals surface area contributed by atoms with Crippen LogP contribution in [0, 0.1) is 5.92 Å². The fourth-order valence-corrected chi connectivity index (χ4v) is 3.87. The fraction of sp³-hybridized carbons (Fsp3) is 0.733. The van der Waals surface area contributed by atoms with Crippen molar-refractivity contribution in [3.05, 3.63) is 11.6 Å². The molecule has 0 amide bonds. The maximum atomic E-state index is 6.19. The quantitative estimate of drug-likeness (QED) is 0.429. The highest BCUT2D eigenvalue weighted by molar-refractivity contribution is 14.0. The molecular formula is C15H27IN6S. The molecule has 1 atom stereocenters. The highest BCUT2D eigenvalue weighted by Crippen LogP contribution is 2.19. The number of hydrogen-bond donors (Lipinski definition) is 1. The van der Waals surface area contributed by atoms with Gasteiger partial charge in [0, 0.05) is 50.8 Å². The van der Waals surface area contributed by atoms with Gasteiger partial charge in [-0.1, -0.05) is 6.92 Å². The molecule has 2 saturated heterocycles. The lowest BCUT2D eigenvalue weighted by Crippen LogP contribution is -2.51. The van der Waals surface area contributed by atoms with E-state index in [1.807, 2.05) is 11.6 Å². The van der Waals surface area contributed by atoms with E-state index in [-0.39, 0.29) is 24.0 Å². The maximum Gasteiger partial charge on any atom is 0.191 e. The van der Waals surface area contributed by atoms with Crippen LogP contribution < -0.4 is 10.6 Å². The molecule has 3 rings (SSSR count). The van der Waals surface area contributed by atoms with Gasteiger partial charge in [-0.2, -0.15) is 0 Å². The van der Waals surface area contributed by atoms with Crippen molar-refractivity contribution < 1.29 is 0 Å². The van der Waals surface area contributed by atoms with E-state index in [2.05, 4.69) is 31.6 Å². The number of rotatable bonds is 4. The second-order valence-corrected chi connectivity index (χ2v) is 6.91. The number of anilines is 1. The molecule has 0 radical (unpaired) electrons. The molecule has 2 fully saturated rings. The Morgan fingerprint density at radius 2 is 2.13 bits per heavy atom. The van der Waals surface area contributed by atoms with Gasteiger partial charge in [-0.3, -0.25) is 4.99 Å². The first-order valence-electron chi connectivity index (χ1n) is 8.18. The molecule has 2 aliphatic rings. The van der Waals surface area contributed by atoms with Crippen molar-refractivity contribution in [1.82, 2.24) is 14.8 Å². The second-order valence-electron chi connectivity index (χ2n) is 6.04. The van der Waals surface area contributed by atoms with Crippen LogP contribution in [0.5, 0.6) is 0 Å². The number of piperazine rings is 1. The van der Waals surface area contributed by atoms with Crippen LogP contribution in [0.2, 0.25) is 0 Å². The Balaban J connectivity index is 0.00000192. The maximum absolute atomic E-state index is 6.19. The molecule has 1 aromatic rings. The molecule has 2 N–H and O–H groups in total. The van der Waals surface area contributed by atoms with Crippen LogP contribution in [0.3, 0.4) is 0 Å². The highest BCUT2D eigenvalue weighted by atomic mass is 127. The van der Waals surface area contributed by atoms with Crippen LogP contribution in [-0.2, 0) is 0 Å². The van der Waals surface area contributed by atoms with Crippen LogP contribution in [0.4, 0.5) is 5.13 Å². The molecule has 23 heavy (non-hydrogen) atoms. The Hall–Kier alpha value is -0.610. The minimum atomic E-state index is 0. The summed E-state index contributed by atoms with van der Waals surface area (Å²) in [4.78, 5) is 16.0. The van der Waals surface area contributed by atoms with Crippen molar-refractivity contribution in [3.63, 3.8) is 0 Å². The highest BCUT2D eigenvalue weighted by Gasteiger charge is 2.22. The van der Waals surface area contributed by atoms with Crippen molar-refractivity contribution in [3.8, 4) is 0 Å². The Kier molecular flexibility index (Phi) is 7.35. The van der Waals surface area contributed by atoms with Crippen molar-refractivity contribution in [2.75, 3.05) is 57.3 Å². The summed E-state index contributed by atoms with van der Waals surface area (Å²) in [6.45, 7) is 10.4. The summed E-state index contributed by atoms with van der Waals surface area (Å²) in [5.41, 5.74) is 6.19. The van der Waals surface area contributed by atoms with Crippen molar-refractivity contribution >= 4 is 46.4 Å². The van der Waals surface area contributed by atoms with Crippen LogP contribution >= 0.6 is 35.3 Å². The molecule has 0 aromatic carbocycles. The SMILES string of the molecule is CCN1CCC(CN=C(N)N2CCN(c3nccs3)CC2)C1.I. The number of hydrogen-bond acceptors (Lipinski definition) is 5. The van der Waals surface area contributed by atoms with Crippen LogP contribution in [0.1, 0.15) is 13.3 Å². The van der Waals surface area contributed by atoms with E-state index in [1.54, 1.807) is 11.3 Å². The third-order valence-corrected chi connectivity index (χ3v) is 5.45. The van der Waals surface area contributed by atoms with Gasteiger partial charge in [-0.15, -0.1) is 35.3 Å². The third kappa shape index (κ3) is 4.93. The van der Waals surface area contributed by atoms with E-state index in [0.29, 0.717) is 11.9 Å². The zero-order valence-corrected chi connectivity index (χ0v) is 16.9. The summed E-state index contributed by atoms with van der Waals surface area (Å²) in [6.07, 6.45) is 3.12. The standard InChI is InChI=1S/C15H26N6S.HI/c1-2-19-5-3-13(12-19)11-18-14(16)20-6-8-21(9-7-20)15-17-4-10-22-15;/h4,10,13H,2-3,5-9,11-12H2,1H3,(H2,16,18);1H. The van der Waals surface area contributed by atoms with Gasteiger partial charge in [0.2, 0.25) is 0 Å². The molecule has 130 valence electrons. The number of guanidine groups is 1. The van der Waals surface area contributed by atoms with Crippen LogP contribution in [-0.4, -0.2) is 73.1 Å². The molecule has 0 saturated carbocycles. The largest absolute Gasteiger partial charge is 0.370 e. The number of aromatic nitrogens is 1. The lowest BCUT2D eigenvalue weighted by atomic mass is 10.1. The van der Waals surface area contributed by atoms with Crippen molar-refractivity contribution in [1.29, 1.82) is 0 Å². The van der Waals surface area contributed by atoms with E-state index in [0.717, 1.165) is 44.4 Å². The van der Waals surface area contributed by atoms with Gasteiger partial charge in [0.15, 0.2) is 11.1 Å². The van der Waals surface area contributed by atoms with Crippen molar-refractivity contribution in [2.45, 2.75) is 13.3 Å². The predicted molar refractivity (Wildman–Crippen MR) is 108 cm³/mol. The minimum Gasteiger partial charge on any atom is -0.370 e. The third-order valence-electron chi connectivity index (χ3n) is 4.62. The molecule has 6 nitrogen and oxygen atoms in total. The fourth-order valence-electron chi connectivity index (χ4n) is 3.17. The Morgan fingerprint density at radius 3 is 2.74 bits per heavy atom. The van der Waals surface area contributed by atoms with Gasteiger partial charge in [0.1, 0.15) is 0 Å². The monoisotopic (exact) mass is 450 g/mol. The molecule has 0 aliphatic carbocycles. The Bertz CT molecular complexity index is 486. The molecular weight excluding hydrogens is 423 g/mol. The number of nitrogens with two attached hydrogens (primary N) is 1. The lowest BCUT2D eigenvalue weighted by Gasteiger charge is -2.35. The number of thiazole rings is 1. The Labute approximate surface area is 159 Å². The topological polar surface area (TPSA) is 61.0 Å². The summed E-state index contributed by atoms with van der Waals surface area (Å²) < 4.78 is 0. The smallest absolute Gasteiger partial charge is 0.191 e. The number of aliphatic imine (C=N–C) groups is 1. The molecule has 1 aromatic heterocycles. The normalized spacial score (nSPS) is 23.2. The summed E-state index contributed by atoms with van der Waals surface area (Å²) in [6, 6.07) is 0. The molecule has 1 unspecified atom stereocenters. The van der Waals surface area contributed by atoms with E-state index < -0.39 is 0 Å². The van der Waals surface area contributed by atoms with Gasteiger partial charge in [0.05, 0.1) is 0 Å². The lowest BCUT2D eigenvalue weighted by molar-refractivity contribution is 0.342. The van der Waals surface area contributed by atoms with Gasteiger partial charge in [-0.05, 0) is 25.4 Å². The van der Waals surface area contributed by atoms with E-state index in [4.69, 9.17) is 5.73 Å². The Morgan fingerprint density at radius 1 is 1.35 bits per heavy atom. The van der Waals surface area contributed by atoms with Gasteiger partial charge in [0.25, 0.3) is 0 Å². The second kappa shape index (κ2) is 9.03. The summed E-state index contributed by atoms with van der Waals surface area (Å²) >= 11 is 1.70. The molecule has 3 heterocycles. The van der Waals surface area contributed by atoms with E-state index in [9.17, 15) is 0 Å². The summed E-state index contributed by atoms with van der Waals surface area (Å²) in [5, 5.41) is 3.14. The summed E-state index contributed by atoms with van der Waals surface area (Å²) in [5.74, 6) is 1.39. The minimum absolute atomic E-state index is 0. The number of nitrogens with zero attached hydrogens (tertiary/aromatic N) is 5. The van der Waals surface area contributed by atoms with E-state index >= 15 is 0 Å².